The van der Waals surface area contributed by atoms with Gasteiger partial charge in [0.25, 0.3) is 0 Å². The van der Waals surface area contributed by atoms with E-state index in [9.17, 15) is 9.59 Å². The molecular formula is C21H29NO4. The third-order valence-corrected chi connectivity index (χ3v) is 6.29. The van der Waals surface area contributed by atoms with E-state index in [0.717, 1.165) is 37.0 Å². The molecule has 0 aromatic heterocycles. The molecule has 5 heteroatoms. The minimum atomic E-state index is -0.808. The van der Waals surface area contributed by atoms with Crippen molar-refractivity contribution in [3.8, 4) is 5.75 Å². The fourth-order valence-electron chi connectivity index (χ4n) is 5.09. The highest BCUT2D eigenvalue weighted by molar-refractivity contribution is 5.84. The molecule has 0 radical (unpaired) electrons. The third-order valence-electron chi connectivity index (χ3n) is 6.29. The van der Waals surface area contributed by atoms with Crippen LogP contribution in [0.25, 0.3) is 0 Å². The molecule has 3 unspecified atom stereocenters. The molecule has 0 aliphatic heterocycles. The Labute approximate surface area is 155 Å². The maximum atomic E-state index is 13.4. The quantitative estimate of drug-likeness (QED) is 0.773. The van der Waals surface area contributed by atoms with E-state index in [-0.39, 0.29) is 17.7 Å². The lowest BCUT2D eigenvalue weighted by molar-refractivity contribution is -0.145. The van der Waals surface area contributed by atoms with Gasteiger partial charge >= 0.3 is 5.97 Å². The Morgan fingerprint density at radius 2 is 2.15 bits per heavy atom. The van der Waals surface area contributed by atoms with E-state index in [1.165, 1.54) is 6.42 Å². The van der Waals surface area contributed by atoms with Crippen LogP contribution in [0.15, 0.2) is 24.3 Å². The van der Waals surface area contributed by atoms with Gasteiger partial charge in [-0.25, -0.2) is 0 Å². The zero-order valence-electron chi connectivity index (χ0n) is 15.7. The van der Waals surface area contributed by atoms with Crippen LogP contribution in [-0.2, 0) is 16.0 Å². The number of fused-ring (bicyclic) bond motifs is 2. The molecule has 1 N–H and O–H groups in total. The van der Waals surface area contributed by atoms with Crippen LogP contribution in [0.2, 0.25) is 0 Å². The highest BCUT2D eigenvalue weighted by Gasteiger charge is 2.55. The molecular weight excluding hydrogens is 330 g/mol. The van der Waals surface area contributed by atoms with Gasteiger partial charge in [0.2, 0.25) is 5.91 Å². The van der Waals surface area contributed by atoms with Crippen LogP contribution >= 0.6 is 0 Å². The number of nitrogens with zero attached hydrogens (tertiary/aromatic N) is 1. The van der Waals surface area contributed by atoms with E-state index in [0.29, 0.717) is 24.8 Å². The van der Waals surface area contributed by atoms with E-state index in [2.05, 4.69) is 6.07 Å². The van der Waals surface area contributed by atoms with Crippen molar-refractivity contribution in [1.82, 2.24) is 4.90 Å². The first-order chi connectivity index (χ1) is 12.4. The number of hydrogen-bond acceptors (Lipinski definition) is 3. The first-order valence-electron chi connectivity index (χ1n) is 9.55. The van der Waals surface area contributed by atoms with Crippen LogP contribution in [-0.4, -0.2) is 42.6 Å². The molecule has 3 rings (SSSR count). The molecule has 0 heterocycles. The summed E-state index contributed by atoms with van der Waals surface area (Å²) in [5.41, 5.74) is 0.803. The number of aliphatic carboxylic acids is 1. The summed E-state index contributed by atoms with van der Waals surface area (Å²) in [6, 6.07) is 8.02. The van der Waals surface area contributed by atoms with Crippen LogP contribution in [0.4, 0.5) is 0 Å². The van der Waals surface area contributed by atoms with Gasteiger partial charge in [0.05, 0.1) is 12.5 Å². The molecule has 2 aliphatic carbocycles. The van der Waals surface area contributed by atoms with Gasteiger partial charge < -0.3 is 14.7 Å². The van der Waals surface area contributed by atoms with Gasteiger partial charge in [-0.2, -0.15) is 0 Å². The van der Waals surface area contributed by atoms with Crippen LogP contribution in [0, 0.1) is 17.3 Å². The zero-order chi connectivity index (χ0) is 18.7. The Balaban J connectivity index is 1.78. The number of ether oxygens (including phenoxy) is 1. The van der Waals surface area contributed by atoms with E-state index in [1.807, 2.05) is 25.2 Å². The summed E-state index contributed by atoms with van der Waals surface area (Å²) in [7, 11) is 3.48. The number of carbonyl (C=O) groups excluding carboxylic acids is 1. The van der Waals surface area contributed by atoms with Crippen molar-refractivity contribution in [1.29, 1.82) is 0 Å². The number of amides is 1. The Morgan fingerprint density at radius 1 is 1.35 bits per heavy atom. The fourth-order valence-corrected chi connectivity index (χ4v) is 5.09. The lowest BCUT2D eigenvalue weighted by Gasteiger charge is -2.39. The first kappa shape index (κ1) is 18.7. The molecule has 142 valence electrons. The average Bonchev–Trinajstić information content (AvgIpc) is 3.22. The SMILES string of the molecule is COc1cccc(CC2(C(=O)N(C)CCCC(=O)O)CC3CCC2C3)c1. The van der Waals surface area contributed by atoms with Crippen molar-refractivity contribution in [2.75, 3.05) is 20.7 Å². The van der Waals surface area contributed by atoms with Crippen LogP contribution in [0.3, 0.4) is 0 Å². The number of hydrogen-bond donors (Lipinski definition) is 1. The van der Waals surface area contributed by atoms with Crippen LogP contribution in [0.5, 0.6) is 5.75 Å². The molecule has 2 bridgehead atoms. The van der Waals surface area contributed by atoms with E-state index in [1.54, 1.807) is 12.0 Å². The lowest BCUT2D eigenvalue weighted by Crippen LogP contribution is -2.47. The average molecular weight is 359 g/mol. The zero-order valence-corrected chi connectivity index (χ0v) is 15.7. The third kappa shape index (κ3) is 3.71. The number of rotatable bonds is 8. The summed E-state index contributed by atoms with van der Waals surface area (Å²) in [6.07, 6.45) is 5.82. The highest BCUT2D eigenvalue weighted by atomic mass is 16.5. The normalized spacial score (nSPS) is 26.7. The number of carboxylic acids is 1. The van der Waals surface area contributed by atoms with Gasteiger partial charge in [0.1, 0.15) is 5.75 Å². The molecule has 26 heavy (non-hydrogen) atoms. The molecule has 2 fully saturated rings. The second-order valence-electron chi connectivity index (χ2n) is 7.99. The van der Waals surface area contributed by atoms with Crippen LogP contribution < -0.4 is 4.74 Å². The van der Waals surface area contributed by atoms with Gasteiger partial charge in [-0.05, 0) is 61.6 Å². The molecule has 3 atom stereocenters. The topological polar surface area (TPSA) is 66.8 Å². The van der Waals surface area contributed by atoms with Crippen molar-refractivity contribution in [2.45, 2.75) is 44.9 Å². The summed E-state index contributed by atoms with van der Waals surface area (Å²) in [6.45, 7) is 0.502. The van der Waals surface area contributed by atoms with Crippen LogP contribution in [0.1, 0.15) is 44.1 Å². The van der Waals surface area contributed by atoms with Crippen molar-refractivity contribution >= 4 is 11.9 Å². The molecule has 0 spiro atoms. The smallest absolute Gasteiger partial charge is 0.303 e. The predicted molar refractivity (Wildman–Crippen MR) is 99.1 cm³/mol. The van der Waals surface area contributed by atoms with Crippen molar-refractivity contribution < 1.29 is 19.4 Å². The fraction of sp³-hybridized carbons (Fsp3) is 0.619. The Hall–Kier alpha value is -2.04. The Kier molecular flexibility index (Phi) is 5.54. The second kappa shape index (κ2) is 7.68. The molecule has 1 amide bonds. The first-order valence-corrected chi connectivity index (χ1v) is 9.55. The number of carbonyl (C=O) groups is 2. The minimum absolute atomic E-state index is 0.104. The van der Waals surface area contributed by atoms with Gasteiger partial charge in [-0.15, -0.1) is 0 Å². The van der Waals surface area contributed by atoms with Gasteiger partial charge in [0, 0.05) is 20.0 Å². The highest BCUT2D eigenvalue weighted by Crippen LogP contribution is 2.58. The summed E-state index contributed by atoms with van der Waals surface area (Å²) in [5.74, 6) is 1.30. The maximum absolute atomic E-state index is 13.4. The van der Waals surface area contributed by atoms with Crippen molar-refractivity contribution in [3.63, 3.8) is 0 Å². The number of carboxylic acid groups (broad SMARTS) is 1. The van der Waals surface area contributed by atoms with E-state index >= 15 is 0 Å². The Morgan fingerprint density at radius 3 is 2.77 bits per heavy atom. The summed E-state index contributed by atoms with van der Waals surface area (Å²) in [4.78, 5) is 26.0. The van der Waals surface area contributed by atoms with E-state index in [4.69, 9.17) is 9.84 Å². The van der Waals surface area contributed by atoms with E-state index < -0.39 is 5.97 Å². The largest absolute Gasteiger partial charge is 0.497 e. The number of benzene rings is 1. The summed E-state index contributed by atoms with van der Waals surface area (Å²) >= 11 is 0. The van der Waals surface area contributed by atoms with Crippen molar-refractivity contribution in [2.24, 2.45) is 17.3 Å². The molecule has 0 saturated heterocycles. The lowest BCUT2D eigenvalue weighted by atomic mass is 9.68. The maximum Gasteiger partial charge on any atom is 0.303 e. The van der Waals surface area contributed by atoms with Gasteiger partial charge in [0.15, 0.2) is 0 Å². The molecule has 5 nitrogen and oxygen atoms in total. The summed E-state index contributed by atoms with van der Waals surface area (Å²) in [5, 5.41) is 8.84. The van der Waals surface area contributed by atoms with Crippen molar-refractivity contribution in [3.05, 3.63) is 29.8 Å². The molecule has 1 aromatic rings. The standard InChI is InChI=1S/C21H29NO4/c1-22(10-4-7-19(23)24)20(25)21(14-16-8-9-17(21)11-16)13-15-5-3-6-18(12-15)26-2/h3,5-6,12,16-17H,4,7-11,13-14H2,1-2H3,(H,23,24). The summed E-state index contributed by atoms with van der Waals surface area (Å²) < 4.78 is 5.35. The molecule has 2 saturated carbocycles. The predicted octanol–water partition coefficient (Wildman–Crippen LogP) is 3.37. The Bertz CT molecular complexity index is 674. The monoisotopic (exact) mass is 359 g/mol. The molecule has 1 aromatic carbocycles. The molecule has 2 aliphatic rings. The van der Waals surface area contributed by atoms with Gasteiger partial charge in [-0.1, -0.05) is 18.6 Å². The minimum Gasteiger partial charge on any atom is -0.497 e. The second-order valence-corrected chi connectivity index (χ2v) is 7.99. The number of methoxy groups -OCH3 is 1. The van der Waals surface area contributed by atoms with Gasteiger partial charge in [-0.3, -0.25) is 9.59 Å².